The molecular weight excluding hydrogens is 601 g/mol. The Hall–Kier alpha value is -3.51. The van der Waals surface area contributed by atoms with Gasteiger partial charge in [0.1, 0.15) is 11.6 Å². The molecule has 0 spiro atoms. The van der Waals surface area contributed by atoms with Crippen molar-refractivity contribution in [2.24, 2.45) is 0 Å². The molecule has 228 valence electrons. The van der Waals surface area contributed by atoms with Crippen LogP contribution < -0.4 is 15.9 Å². The SMILES string of the molecule is C=CCOCN1CCN(c2nc(=O)n3c4nc(c(Cl)cc24)-c2c(F)cccc2NCCSc2ccnc(C(C)C)c2-3)[C@@H]2C[C@@H]21. The summed E-state index contributed by atoms with van der Waals surface area (Å²) in [5, 5.41) is 4.29. The Balaban J connectivity index is 1.47. The van der Waals surface area contributed by atoms with Crippen LogP contribution in [-0.4, -0.2) is 75.2 Å². The van der Waals surface area contributed by atoms with E-state index in [4.69, 9.17) is 31.3 Å². The Kier molecular flexibility index (Phi) is 7.82. The topological polar surface area (TPSA) is 88.4 Å². The second-order valence-corrected chi connectivity index (χ2v) is 13.1. The lowest BCUT2D eigenvalue weighted by atomic mass is 10.1. The molecule has 1 aliphatic carbocycles. The quantitative estimate of drug-likeness (QED) is 0.212. The van der Waals surface area contributed by atoms with Crippen LogP contribution in [0.1, 0.15) is 31.9 Å². The molecule has 0 radical (unpaired) electrons. The van der Waals surface area contributed by atoms with E-state index in [1.165, 1.54) is 6.07 Å². The highest BCUT2D eigenvalue weighted by molar-refractivity contribution is 7.99. The highest BCUT2D eigenvalue weighted by Gasteiger charge is 2.50. The maximum atomic E-state index is 15.5. The lowest BCUT2D eigenvalue weighted by molar-refractivity contribution is 0.0337. The average Bonchev–Trinajstić information content (AvgIpc) is 3.81. The monoisotopic (exact) mass is 633 g/mol. The van der Waals surface area contributed by atoms with Crippen LogP contribution in [0.4, 0.5) is 15.9 Å². The van der Waals surface area contributed by atoms with E-state index in [1.807, 2.05) is 26.0 Å². The first-order valence-electron chi connectivity index (χ1n) is 14.8. The van der Waals surface area contributed by atoms with Crippen molar-refractivity contribution in [1.82, 2.24) is 24.4 Å². The highest BCUT2D eigenvalue weighted by atomic mass is 35.5. The zero-order valence-electron chi connectivity index (χ0n) is 24.6. The number of benzene rings is 1. The first-order valence-corrected chi connectivity index (χ1v) is 16.2. The molecule has 2 bridgehead atoms. The number of thioether (sulfide) groups is 1. The number of hydrogen-bond acceptors (Lipinski definition) is 9. The van der Waals surface area contributed by atoms with Crippen LogP contribution in [0.3, 0.4) is 0 Å². The molecule has 2 fully saturated rings. The summed E-state index contributed by atoms with van der Waals surface area (Å²) < 4.78 is 22.8. The van der Waals surface area contributed by atoms with Gasteiger partial charge in [0.2, 0.25) is 0 Å². The first kappa shape index (κ1) is 29.2. The fourth-order valence-corrected chi connectivity index (χ4v) is 7.48. The van der Waals surface area contributed by atoms with Crippen molar-refractivity contribution in [2.75, 3.05) is 48.9 Å². The van der Waals surface area contributed by atoms with Gasteiger partial charge in [-0.05, 0) is 36.6 Å². The minimum atomic E-state index is -0.456. The van der Waals surface area contributed by atoms with Gasteiger partial charge in [-0.15, -0.1) is 18.3 Å². The molecule has 3 aromatic heterocycles. The van der Waals surface area contributed by atoms with Crippen LogP contribution >= 0.6 is 23.4 Å². The van der Waals surface area contributed by atoms with Crippen molar-refractivity contribution in [3.63, 3.8) is 0 Å². The van der Waals surface area contributed by atoms with E-state index in [2.05, 4.69) is 21.7 Å². The Morgan fingerprint density at radius 3 is 2.93 bits per heavy atom. The molecule has 5 heterocycles. The van der Waals surface area contributed by atoms with Gasteiger partial charge in [-0.25, -0.2) is 18.7 Å². The third kappa shape index (κ3) is 5.05. The predicted octanol–water partition coefficient (Wildman–Crippen LogP) is 5.70. The van der Waals surface area contributed by atoms with Crippen molar-refractivity contribution in [3.05, 3.63) is 76.2 Å². The Morgan fingerprint density at radius 2 is 2.11 bits per heavy atom. The zero-order valence-corrected chi connectivity index (χ0v) is 26.2. The lowest BCUT2D eigenvalue weighted by Gasteiger charge is -2.35. The number of aromatic nitrogens is 4. The van der Waals surface area contributed by atoms with Crippen molar-refractivity contribution < 1.29 is 9.13 Å². The molecule has 0 unspecified atom stereocenters. The van der Waals surface area contributed by atoms with Crippen molar-refractivity contribution >= 4 is 45.9 Å². The number of rotatable bonds is 6. The van der Waals surface area contributed by atoms with Crippen molar-refractivity contribution in [1.29, 1.82) is 0 Å². The number of piperazine rings is 1. The van der Waals surface area contributed by atoms with Gasteiger partial charge in [0.05, 0.1) is 46.4 Å². The van der Waals surface area contributed by atoms with Crippen LogP contribution in [0.15, 0.2) is 58.9 Å². The minimum absolute atomic E-state index is 0.0201. The van der Waals surface area contributed by atoms with Gasteiger partial charge in [-0.1, -0.05) is 37.6 Å². The number of pyridine rings is 2. The molecule has 1 saturated carbocycles. The first-order chi connectivity index (χ1) is 21.4. The molecular formula is C32H33ClFN7O2S. The van der Waals surface area contributed by atoms with Gasteiger partial charge in [0, 0.05) is 54.3 Å². The molecule has 44 heavy (non-hydrogen) atoms. The summed E-state index contributed by atoms with van der Waals surface area (Å²) in [6, 6.07) is 9.08. The molecule has 2 aliphatic heterocycles. The zero-order chi connectivity index (χ0) is 30.5. The number of halogens is 2. The fourth-order valence-electron chi connectivity index (χ4n) is 6.32. The van der Waals surface area contributed by atoms with Gasteiger partial charge >= 0.3 is 5.69 Å². The van der Waals surface area contributed by atoms with Gasteiger partial charge in [-0.3, -0.25) is 9.88 Å². The number of nitrogens with one attached hydrogen (secondary N) is 1. The molecule has 1 saturated heterocycles. The molecule has 12 heteroatoms. The van der Waals surface area contributed by atoms with Gasteiger partial charge < -0.3 is 15.0 Å². The summed E-state index contributed by atoms with van der Waals surface area (Å²) in [4.78, 5) is 34.1. The van der Waals surface area contributed by atoms with E-state index in [1.54, 1.807) is 40.7 Å². The molecule has 1 aromatic carbocycles. The summed E-state index contributed by atoms with van der Waals surface area (Å²) in [7, 11) is 0. The predicted molar refractivity (Wildman–Crippen MR) is 174 cm³/mol. The second kappa shape index (κ2) is 11.8. The number of ether oxygens (including phenoxy) is 1. The van der Waals surface area contributed by atoms with Crippen LogP contribution in [0.5, 0.6) is 0 Å². The molecule has 2 atom stereocenters. The molecule has 3 aliphatic rings. The Labute approximate surface area is 264 Å². The van der Waals surface area contributed by atoms with E-state index >= 15 is 4.39 Å². The molecule has 0 amide bonds. The number of fused-ring (bicyclic) bond motifs is 6. The average molecular weight is 634 g/mol. The van der Waals surface area contributed by atoms with Crippen molar-refractivity contribution in [3.8, 4) is 16.9 Å². The van der Waals surface area contributed by atoms with E-state index in [9.17, 15) is 4.79 Å². The fraction of sp³-hybridized carbons (Fsp3) is 0.375. The third-order valence-electron chi connectivity index (χ3n) is 8.40. The number of nitrogens with zero attached hydrogens (tertiary/aromatic N) is 6. The minimum Gasteiger partial charge on any atom is -0.384 e. The standard InChI is InChI=1S/C32H33ClFN7O2S/c1-4-13-43-17-39-11-12-40(24-16-23(24)39)30-19-15-20(33)28-26-21(34)6-5-7-22(26)35-10-14-44-25-8-9-36-27(18(2)3)29(25)41(31(19)37-28)32(42)38-30/h4-9,15,18,23-24,35H,1,10-14,16-17H2,2-3H3/t23-,24+/m0/s1. The smallest absolute Gasteiger partial charge is 0.355 e. The molecule has 9 nitrogen and oxygen atoms in total. The maximum absolute atomic E-state index is 15.5. The largest absolute Gasteiger partial charge is 0.384 e. The third-order valence-corrected chi connectivity index (χ3v) is 9.74. The van der Waals surface area contributed by atoms with E-state index in [0.717, 1.165) is 23.6 Å². The Bertz CT molecular complexity index is 1830. The van der Waals surface area contributed by atoms with Crippen molar-refractivity contribution in [2.45, 2.75) is 43.2 Å². The van der Waals surface area contributed by atoms with E-state index in [-0.39, 0.29) is 28.2 Å². The molecule has 7 rings (SSSR count). The summed E-state index contributed by atoms with van der Waals surface area (Å²) >= 11 is 8.57. The summed E-state index contributed by atoms with van der Waals surface area (Å²) in [6.45, 7) is 10.8. The van der Waals surface area contributed by atoms with E-state index in [0.29, 0.717) is 66.4 Å². The highest BCUT2D eigenvalue weighted by Crippen LogP contribution is 2.43. The Morgan fingerprint density at radius 1 is 1.25 bits per heavy atom. The number of hydrogen-bond donors (Lipinski definition) is 1. The van der Waals surface area contributed by atoms with Gasteiger partial charge in [0.15, 0.2) is 5.65 Å². The van der Waals surface area contributed by atoms with Crippen LogP contribution in [0.2, 0.25) is 5.02 Å². The maximum Gasteiger partial charge on any atom is 0.355 e. The van der Waals surface area contributed by atoms with Crippen LogP contribution in [-0.2, 0) is 4.74 Å². The summed E-state index contributed by atoms with van der Waals surface area (Å²) in [6.07, 6.45) is 4.46. The summed E-state index contributed by atoms with van der Waals surface area (Å²) in [5.74, 6) is 0.792. The molecule has 1 N–H and O–H groups in total. The van der Waals surface area contributed by atoms with Gasteiger partial charge in [0.25, 0.3) is 0 Å². The molecule has 4 aromatic rings. The van der Waals surface area contributed by atoms with Crippen LogP contribution in [0, 0.1) is 5.82 Å². The lowest BCUT2D eigenvalue weighted by Crippen LogP contribution is -2.48. The van der Waals surface area contributed by atoms with E-state index < -0.39 is 11.5 Å². The summed E-state index contributed by atoms with van der Waals surface area (Å²) in [5.41, 5.74) is 2.47. The van der Waals surface area contributed by atoms with Crippen LogP contribution in [0.25, 0.3) is 28.0 Å². The normalized spacial score (nSPS) is 19.5. The number of anilines is 2. The second-order valence-electron chi connectivity index (χ2n) is 11.5. The van der Waals surface area contributed by atoms with Gasteiger partial charge in [-0.2, -0.15) is 4.98 Å².